The van der Waals surface area contributed by atoms with Gasteiger partial charge in [-0.3, -0.25) is 4.79 Å². The lowest BCUT2D eigenvalue weighted by molar-refractivity contribution is 0.102. The van der Waals surface area contributed by atoms with Crippen molar-refractivity contribution in [3.63, 3.8) is 0 Å². The fourth-order valence-electron chi connectivity index (χ4n) is 1.38. The Morgan fingerprint density at radius 3 is 2.47 bits per heavy atom. The Morgan fingerprint density at radius 2 is 1.76 bits per heavy atom. The molecule has 0 spiro atoms. The first-order valence-corrected chi connectivity index (χ1v) is 6.07. The lowest BCUT2D eigenvalue weighted by atomic mass is 10.2. The Bertz CT molecular complexity index is 542. The van der Waals surface area contributed by atoms with Gasteiger partial charge in [0.1, 0.15) is 5.82 Å². The lowest BCUT2D eigenvalue weighted by Crippen LogP contribution is -2.12. The molecule has 0 unspecified atom stereocenters. The summed E-state index contributed by atoms with van der Waals surface area (Å²) in [7, 11) is 0. The van der Waals surface area contributed by atoms with Crippen LogP contribution < -0.4 is 5.32 Å². The van der Waals surface area contributed by atoms with E-state index < -0.39 is 0 Å². The molecule has 17 heavy (non-hydrogen) atoms. The molecule has 2 nitrogen and oxygen atoms in total. The molecule has 0 atom stereocenters. The molecule has 0 radical (unpaired) electrons. The maximum absolute atomic E-state index is 13.3. The molecule has 0 saturated carbocycles. The maximum Gasteiger partial charge on any atom is 0.255 e. The van der Waals surface area contributed by atoms with E-state index in [1.807, 2.05) is 28.7 Å². The zero-order valence-electron chi connectivity index (χ0n) is 8.78. The Hall–Kier alpha value is -1.43. The summed E-state index contributed by atoms with van der Waals surface area (Å²) in [6.45, 7) is 0. The van der Waals surface area contributed by atoms with Crippen LogP contribution in [0.2, 0.25) is 0 Å². The standard InChI is InChI=1S/C13H9FINO/c14-10-7-4-8-11(12(10)15)16-13(17)9-5-2-1-3-6-9/h1-8H,(H,16,17). The number of rotatable bonds is 2. The smallest absolute Gasteiger partial charge is 0.255 e. The number of anilines is 1. The van der Waals surface area contributed by atoms with Gasteiger partial charge in [0, 0.05) is 5.56 Å². The summed E-state index contributed by atoms with van der Waals surface area (Å²) < 4.78 is 13.7. The first-order valence-electron chi connectivity index (χ1n) is 4.99. The van der Waals surface area contributed by atoms with Crippen LogP contribution in [0.3, 0.4) is 0 Å². The maximum atomic E-state index is 13.3. The number of hydrogen-bond acceptors (Lipinski definition) is 1. The molecule has 2 aromatic carbocycles. The molecule has 0 saturated heterocycles. The van der Waals surface area contributed by atoms with Crippen molar-refractivity contribution >= 4 is 34.2 Å². The Morgan fingerprint density at radius 1 is 1.06 bits per heavy atom. The molecule has 0 aliphatic rings. The van der Waals surface area contributed by atoms with E-state index in [2.05, 4.69) is 5.32 Å². The van der Waals surface area contributed by atoms with Crippen LogP contribution >= 0.6 is 22.6 Å². The monoisotopic (exact) mass is 341 g/mol. The van der Waals surface area contributed by atoms with E-state index >= 15 is 0 Å². The van der Waals surface area contributed by atoms with Crippen LogP contribution in [0.4, 0.5) is 10.1 Å². The normalized spacial score (nSPS) is 10.0. The highest BCUT2D eigenvalue weighted by Gasteiger charge is 2.09. The van der Waals surface area contributed by atoms with Gasteiger partial charge < -0.3 is 5.32 Å². The first-order chi connectivity index (χ1) is 8.18. The van der Waals surface area contributed by atoms with Gasteiger partial charge in [-0.1, -0.05) is 24.3 Å². The van der Waals surface area contributed by atoms with Crippen molar-refractivity contribution in [1.29, 1.82) is 0 Å². The van der Waals surface area contributed by atoms with E-state index in [1.165, 1.54) is 6.07 Å². The average molecular weight is 341 g/mol. The topological polar surface area (TPSA) is 29.1 Å². The molecular formula is C13H9FINO. The second-order valence-corrected chi connectivity index (χ2v) is 4.50. The highest BCUT2D eigenvalue weighted by molar-refractivity contribution is 14.1. The van der Waals surface area contributed by atoms with Gasteiger partial charge in [-0.05, 0) is 46.9 Å². The molecule has 86 valence electrons. The number of nitrogens with one attached hydrogen (secondary N) is 1. The van der Waals surface area contributed by atoms with E-state index in [0.717, 1.165) is 0 Å². The third-order valence-electron chi connectivity index (χ3n) is 2.24. The predicted octanol–water partition coefficient (Wildman–Crippen LogP) is 3.68. The van der Waals surface area contributed by atoms with E-state index in [-0.39, 0.29) is 11.7 Å². The average Bonchev–Trinajstić information content (AvgIpc) is 2.36. The molecule has 0 aromatic heterocycles. The molecule has 1 N–H and O–H groups in total. The predicted molar refractivity (Wildman–Crippen MR) is 73.5 cm³/mol. The molecule has 2 aromatic rings. The number of hydrogen-bond donors (Lipinski definition) is 1. The second kappa shape index (κ2) is 5.27. The second-order valence-electron chi connectivity index (χ2n) is 3.42. The molecule has 0 fully saturated rings. The number of benzene rings is 2. The lowest BCUT2D eigenvalue weighted by Gasteiger charge is -2.07. The zero-order valence-corrected chi connectivity index (χ0v) is 10.9. The fourth-order valence-corrected chi connectivity index (χ4v) is 1.88. The van der Waals surface area contributed by atoms with Crippen molar-refractivity contribution in [3.8, 4) is 0 Å². The van der Waals surface area contributed by atoms with Crippen LogP contribution in [0, 0.1) is 9.39 Å². The summed E-state index contributed by atoms with van der Waals surface area (Å²) in [4.78, 5) is 11.8. The van der Waals surface area contributed by atoms with Crippen molar-refractivity contribution in [2.75, 3.05) is 5.32 Å². The fraction of sp³-hybridized carbons (Fsp3) is 0. The zero-order chi connectivity index (χ0) is 12.3. The molecule has 2 rings (SSSR count). The van der Waals surface area contributed by atoms with Gasteiger partial charge in [0.15, 0.2) is 0 Å². The molecule has 1 amide bonds. The molecule has 0 aliphatic heterocycles. The Kier molecular flexibility index (Phi) is 3.73. The SMILES string of the molecule is O=C(Nc1cccc(F)c1I)c1ccccc1. The van der Waals surface area contributed by atoms with Crippen LogP contribution in [0.15, 0.2) is 48.5 Å². The van der Waals surface area contributed by atoms with Crippen molar-refractivity contribution in [2.24, 2.45) is 0 Å². The minimum absolute atomic E-state index is 0.242. The molecule has 0 bridgehead atoms. The quantitative estimate of drug-likeness (QED) is 0.830. The molecule has 0 aliphatic carbocycles. The summed E-state index contributed by atoms with van der Waals surface area (Å²) in [6, 6.07) is 13.4. The van der Waals surface area contributed by atoms with Crippen LogP contribution in [-0.4, -0.2) is 5.91 Å². The largest absolute Gasteiger partial charge is 0.321 e. The van der Waals surface area contributed by atoms with E-state index in [0.29, 0.717) is 14.8 Å². The van der Waals surface area contributed by atoms with E-state index in [1.54, 1.807) is 36.4 Å². The van der Waals surface area contributed by atoms with Gasteiger partial charge in [-0.2, -0.15) is 0 Å². The van der Waals surface area contributed by atoms with E-state index in [4.69, 9.17) is 0 Å². The molecular weight excluding hydrogens is 332 g/mol. The third-order valence-corrected chi connectivity index (χ3v) is 3.33. The summed E-state index contributed by atoms with van der Waals surface area (Å²) in [6.07, 6.45) is 0. The van der Waals surface area contributed by atoms with Crippen molar-refractivity contribution < 1.29 is 9.18 Å². The minimum atomic E-state index is -0.337. The van der Waals surface area contributed by atoms with Crippen molar-refractivity contribution in [2.45, 2.75) is 0 Å². The number of carbonyl (C=O) groups is 1. The molecule has 0 heterocycles. The number of amides is 1. The van der Waals surface area contributed by atoms with Gasteiger partial charge in [-0.25, -0.2) is 4.39 Å². The summed E-state index contributed by atoms with van der Waals surface area (Å²) >= 11 is 1.87. The van der Waals surface area contributed by atoms with Gasteiger partial charge >= 0.3 is 0 Å². The molecule has 4 heteroatoms. The summed E-state index contributed by atoms with van der Waals surface area (Å²) in [5, 5.41) is 2.68. The van der Waals surface area contributed by atoms with Crippen LogP contribution in [-0.2, 0) is 0 Å². The van der Waals surface area contributed by atoms with Crippen LogP contribution in [0.5, 0.6) is 0 Å². The Labute approximate surface area is 112 Å². The van der Waals surface area contributed by atoms with Crippen molar-refractivity contribution in [3.05, 3.63) is 63.5 Å². The third kappa shape index (κ3) is 2.82. The van der Waals surface area contributed by atoms with Crippen LogP contribution in [0.1, 0.15) is 10.4 Å². The number of carbonyl (C=O) groups excluding carboxylic acids is 1. The summed E-state index contributed by atoms with van der Waals surface area (Å²) in [5.74, 6) is -0.578. The van der Waals surface area contributed by atoms with Gasteiger partial charge in [0.2, 0.25) is 0 Å². The van der Waals surface area contributed by atoms with Gasteiger partial charge in [0.05, 0.1) is 9.26 Å². The van der Waals surface area contributed by atoms with Crippen LogP contribution in [0.25, 0.3) is 0 Å². The highest BCUT2D eigenvalue weighted by atomic mass is 127. The van der Waals surface area contributed by atoms with Gasteiger partial charge in [-0.15, -0.1) is 0 Å². The van der Waals surface area contributed by atoms with E-state index in [9.17, 15) is 9.18 Å². The number of halogens is 2. The minimum Gasteiger partial charge on any atom is -0.321 e. The summed E-state index contributed by atoms with van der Waals surface area (Å²) in [5.41, 5.74) is 1.03. The highest BCUT2D eigenvalue weighted by Crippen LogP contribution is 2.21. The van der Waals surface area contributed by atoms with Crippen molar-refractivity contribution in [1.82, 2.24) is 0 Å². The first kappa shape index (κ1) is 12.0. The Balaban J connectivity index is 2.22. The van der Waals surface area contributed by atoms with Gasteiger partial charge in [0.25, 0.3) is 5.91 Å².